The van der Waals surface area contributed by atoms with Crippen molar-refractivity contribution in [2.24, 2.45) is 4.99 Å². The number of esters is 1. The predicted octanol–water partition coefficient (Wildman–Crippen LogP) is 2.77. The van der Waals surface area contributed by atoms with Gasteiger partial charge < -0.3 is 4.74 Å². The van der Waals surface area contributed by atoms with Gasteiger partial charge in [0.2, 0.25) is 0 Å². The molecule has 0 spiro atoms. The molecule has 84 valence electrons. The smallest absolute Gasteiger partial charge is 0.352 e. The van der Waals surface area contributed by atoms with E-state index in [1.165, 1.54) is 0 Å². The van der Waals surface area contributed by atoms with E-state index in [1.54, 1.807) is 18.7 Å². The molecule has 15 heavy (non-hydrogen) atoms. The summed E-state index contributed by atoms with van der Waals surface area (Å²) in [6, 6.07) is 0. The highest BCUT2D eigenvalue weighted by Gasteiger charge is 2.16. The third-order valence-corrected chi connectivity index (χ3v) is 2.78. The molecule has 0 bridgehead atoms. The van der Waals surface area contributed by atoms with Gasteiger partial charge in [-0.1, -0.05) is 19.9 Å². The van der Waals surface area contributed by atoms with E-state index in [-0.39, 0.29) is 5.97 Å². The number of ether oxygens (including phenoxy) is 1. The average molecular weight is 227 g/mol. The molecular formula is C11H17NO2S. The monoisotopic (exact) mass is 227 g/mol. The van der Waals surface area contributed by atoms with Crippen molar-refractivity contribution >= 4 is 23.4 Å². The van der Waals surface area contributed by atoms with E-state index in [2.05, 4.69) is 24.9 Å². The number of allylic oxidation sites excluding steroid dienone is 1. The lowest BCUT2D eigenvalue weighted by atomic mass is 10.2. The van der Waals surface area contributed by atoms with E-state index >= 15 is 0 Å². The average Bonchev–Trinajstić information content (AvgIpc) is 2.17. The van der Waals surface area contributed by atoms with Crippen molar-refractivity contribution in [3.05, 3.63) is 11.1 Å². The summed E-state index contributed by atoms with van der Waals surface area (Å²) < 4.78 is 4.93. The number of hydrogen-bond donors (Lipinski definition) is 0. The Kier molecular flexibility index (Phi) is 4.88. The second-order valence-electron chi connectivity index (χ2n) is 3.53. The number of rotatable bonds is 4. The molecule has 0 radical (unpaired) electrons. The van der Waals surface area contributed by atoms with Gasteiger partial charge in [-0.25, -0.2) is 9.79 Å². The lowest BCUT2D eigenvalue weighted by Crippen LogP contribution is -2.19. The molecular weight excluding hydrogens is 210 g/mol. The van der Waals surface area contributed by atoms with Crippen LogP contribution in [0.15, 0.2) is 16.1 Å². The highest BCUT2D eigenvalue weighted by atomic mass is 32.2. The molecule has 3 nitrogen and oxygen atoms in total. The van der Waals surface area contributed by atoms with Crippen LogP contribution in [-0.2, 0) is 9.53 Å². The SMILES string of the molecule is CCOC(=O)C1=NC(SC(C)C)=CCC1. The van der Waals surface area contributed by atoms with Crippen LogP contribution in [0.2, 0.25) is 0 Å². The standard InChI is InChI=1S/C11H17NO2S/c1-4-14-11(13)9-6-5-7-10(12-9)15-8(2)3/h7-8H,4-6H2,1-3H3. The maximum atomic E-state index is 11.4. The Labute approximate surface area is 95.0 Å². The zero-order valence-electron chi connectivity index (χ0n) is 9.45. The van der Waals surface area contributed by atoms with Crippen LogP contribution in [0, 0.1) is 0 Å². The van der Waals surface area contributed by atoms with Crippen LogP contribution in [0.5, 0.6) is 0 Å². The number of carbonyl (C=O) groups is 1. The lowest BCUT2D eigenvalue weighted by Gasteiger charge is -2.12. The largest absolute Gasteiger partial charge is 0.462 e. The summed E-state index contributed by atoms with van der Waals surface area (Å²) in [4.78, 5) is 15.7. The van der Waals surface area contributed by atoms with Gasteiger partial charge in [-0.05, 0) is 13.3 Å². The molecule has 0 aromatic heterocycles. The minimum absolute atomic E-state index is 0.271. The second kappa shape index (κ2) is 5.95. The van der Waals surface area contributed by atoms with Crippen molar-refractivity contribution in [3.63, 3.8) is 0 Å². The second-order valence-corrected chi connectivity index (χ2v) is 5.12. The van der Waals surface area contributed by atoms with E-state index in [0.29, 0.717) is 24.0 Å². The van der Waals surface area contributed by atoms with Crippen molar-refractivity contribution in [1.29, 1.82) is 0 Å². The number of hydrogen-bond acceptors (Lipinski definition) is 4. The first kappa shape index (κ1) is 12.3. The molecule has 0 atom stereocenters. The van der Waals surface area contributed by atoms with Crippen molar-refractivity contribution in [2.45, 2.75) is 38.9 Å². The van der Waals surface area contributed by atoms with Crippen LogP contribution < -0.4 is 0 Å². The van der Waals surface area contributed by atoms with Gasteiger partial charge in [0.1, 0.15) is 5.71 Å². The van der Waals surface area contributed by atoms with Gasteiger partial charge in [0.15, 0.2) is 0 Å². The molecule has 1 rings (SSSR count). The van der Waals surface area contributed by atoms with Crippen LogP contribution >= 0.6 is 11.8 Å². The number of aliphatic imine (C=N–C) groups is 1. The Hall–Kier alpha value is -0.770. The first-order valence-corrected chi connectivity index (χ1v) is 6.13. The summed E-state index contributed by atoms with van der Waals surface area (Å²) in [7, 11) is 0. The van der Waals surface area contributed by atoms with E-state index in [9.17, 15) is 4.79 Å². The fourth-order valence-corrected chi connectivity index (χ4v) is 2.10. The normalized spacial score (nSPS) is 16.0. The Balaban J connectivity index is 2.63. The maximum absolute atomic E-state index is 11.4. The molecule has 4 heteroatoms. The Bertz CT molecular complexity index is 295. The van der Waals surface area contributed by atoms with Crippen molar-refractivity contribution in [1.82, 2.24) is 0 Å². The highest BCUT2D eigenvalue weighted by Crippen LogP contribution is 2.26. The Morgan fingerprint density at radius 1 is 1.67 bits per heavy atom. The van der Waals surface area contributed by atoms with Crippen LogP contribution in [0.1, 0.15) is 33.6 Å². The van der Waals surface area contributed by atoms with E-state index in [0.717, 1.165) is 11.4 Å². The first-order valence-electron chi connectivity index (χ1n) is 5.25. The molecule has 0 aromatic rings. The molecule has 0 aromatic carbocycles. The fraction of sp³-hybridized carbons (Fsp3) is 0.636. The quantitative estimate of drug-likeness (QED) is 0.693. The zero-order valence-corrected chi connectivity index (χ0v) is 10.3. The Morgan fingerprint density at radius 2 is 2.40 bits per heavy atom. The lowest BCUT2D eigenvalue weighted by molar-refractivity contribution is -0.135. The van der Waals surface area contributed by atoms with Gasteiger partial charge in [0.05, 0.1) is 11.6 Å². The van der Waals surface area contributed by atoms with Crippen LogP contribution in [0.4, 0.5) is 0 Å². The first-order chi connectivity index (χ1) is 7.13. The van der Waals surface area contributed by atoms with Gasteiger partial charge in [0, 0.05) is 11.7 Å². The van der Waals surface area contributed by atoms with Gasteiger partial charge in [-0.3, -0.25) is 0 Å². The number of nitrogens with zero attached hydrogens (tertiary/aromatic N) is 1. The zero-order chi connectivity index (χ0) is 11.3. The van der Waals surface area contributed by atoms with Crippen LogP contribution in [0.3, 0.4) is 0 Å². The third-order valence-electron chi connectivity index (χ3n) is 1.81. The molecule has 0 saturated heterocycles. The fourth-order valence-electron chi connectivity index (χ4n) is 1.24. The summed E-state index contributed by atoms with van der Waals surface area (Å²) in [5.41, 5.74) is 0.558. The summed E-state index contributed by atoms with van der Waals surface area (Å²) in [5, 5.41) is 1.43. The van der Waals surface area contributed by atoms with E-state index < -0.39 is 0 Å². The predicted molar refractivity (Wildman–Crippen MR) is 64.1 cm³/mol. The molecule has 0 amide bonds. The number of carbonyl (C=O) groups excluding carboxylic acids is 1. The molecule has 0 N–H and O–H groups in total. The van der Waals surface area contributed by atoms with Crippen LogP contribution in [-0.4, -0.2) is 23.5 Å². The molecule has 0 aliphatic carbocycles. The summed E-state index contributed by atoms with van der Waals surface area (Å²) in [6.07, 6.45) is 3.65. The minimum atomic E-state index is -0.271. The van der Waals surface area contributed by atoms with Crippen molar-refractivity contribution in [2.75, 3.05) is 6.61 Å². The van der Waals surface area contributed by atoms with Crippen molar-refractivity contribution < 1.29 is 9.53 Å². The van der Waals surface area contributed by atoms with Gasteiger partial charge >= 0.3 is 5.97 Å². The van der Waals surface area contributed by atoms with E-state index in [1.807, 2.05) is 0 Å². The molecule has 1 heterocycles. The highest BCUT2D eigenvalue weighted by molar-refractivity contribution is 8.03. The third kappa shape index (κ3) is 4.08. The summed E-state index contributed by atoms with van der Waals surface area (Å²) in [5.74, 6) is -0.271. The molecule has 0 fully saturated rings. The van der Waals surface area contributed by atoms with Crippen molar-refractivity contribution in [3.8, 4) is 0 Å². The van der Waals surface area contributed by atoms with E-state index in [4.69, 9.17) is 4.74 Å². The topological polar surface area (TPSA) is 38.7 Å². The molecule has 0 unspecified atom stereocenters. The number of thioether (sulfide) groups is 1. The van der Waals surface area contributed by atoms with Gasteiger partial charge in [-0.2, -0.15) is 0 Å². The minimum Gasteiger partial charge on any atom is -0.462 e. The molecule has 1 aliphatic heterocycles. The van der Waals surface area contributed by atoms with Gasteiger partial charge in [-0.15, -0.1) is 11.8 Å². The maximum Gasteiger partial charge on any atom is 0.352 e. The molecule has 1 aliphatic rings. The van der Waals surface area contributed by atoms with Gasteiger partial charge in [0.25, 0.3) is 0 Å². The summed E-state index contributed by atoms with van der Waals surface area (Å²) in [6.45, 7) is 6.44. The van der Waals surface area contributed by atoms with Crippen LogP contribution in [0.25, 0.3) is 0 Å². The molecule has 0 saturated carbocycles. The summed E-state index contributed by atoms with van der Waals surface area (Å²) >= 11 is 1.68. The Morgan fingerprint density at radius 3 is 3.00 bits per heavy atom.